The van der Waals surface area contributed by atoms with Crippen molar-refractivity contribution in [1.29, 1.82) is 0 Å². The number of carboxylic acids is 1. The van der Waals surface area contributed by atoms with Crippen molar-refractivity contribution in [1.82, 2.24) is 4.98 Å². The van der Waals surface area contributed by atoms with Crippen molar-refractivity contribution in [2.24, 2.45) is 5.92 Å². The molecule has 0 bridgehead atoms. The van der Waals surface area contributed by atoms with Crippen molar-refractivity contribution in [3.63, 3.8) is 0 Å². The van der Waals surface area contributed by atoms with Crippen LogP contribution in [0.25, 0.3) is 10.9 Å². The Labute approximate surface area is 120 Å². The van der Waals surface area contributed by atoms with Gasteiger partial charge < -0.3 is 10.1 Å². The van der Waals surface area contributed by atoms with E-state index in [0.29, 0.717) is 18.8 Å². The normalized spacial score (nSPS) is 22.3. The third kappa shape index (κ3) is 2.49. The second-order valence-corrected chi connectivity index (χ2v) is 5.62. The van der Waals surface area contributed by atoms with Gasteiger partial charge in [0, 0.05) is 23.7 Å². The van der Waals surface area contributed by atoms with E-state index in [1.807, 2.05) is 6.20 Å². The lowest BCUT2D eigenvalue weighted by Crippen LogP contribution is -2.20. The highest BCUT2D eigenvalue weighted by Crippen LogP contribution is 2.39. The van der Waals surface area contributed by atoms with Crippen molar-refractivity contribution < 1.29 is 14.8 Å². The van der Waals surface area contributed by atoms with Crippen LogP contribution in [0.15, 0.2) is 24.4 Å². The summed E-state index contributed by atoms with van der Waals surface area (Å²) in [6.07, 6.45) is 4.99. The summed E-state index contributed by atoms with van der Waals surface area (Å²) in [6, 6.07) is 4.84. The molecule has 0 atom stereocenters. The highest BCUT2D eigenvalue weighted by molar-refractivity contribution is 5.85. The van der Waals surface area contributed by atoms with Gasteiger partial charge in [0.15, 0.2) is 0 Å². The summed E-state index contributed by atoms with van der Waals surface area (Å²) >= 11 is 0. The molecule has 1 saturated carbocycles. The SMILES string of the molecule is O=C(O)C1CCC(c2c[nH]c3cc([N+](=O)[O-])ccc23)CC1. The summed E-state index contributed by atoms with van der Waals surface area (Å²) in [4.78, 5) is 24.5. The lowest BCUT2D eigenvalue weighted by Gasteiger charge is -2.25. The van der Waals surface area contributed by atoms with E-state index in [-0.39, 0.29) is 11.6 Å². The van der Waals surface area contributed by atoms with Crippen molar-refractivity contribution in [3.8, 4) is 0 Å². The number of benzene rings is 1. The number of H-pyrrole nitrogens is 1. The quantitative estimate of drug-likeness (QED) is 0.668. The molecule has 0 spiro atoms. The molecule has 1 aromatic heterocycles. The molecule has 2 N–H and O–H groups in total. The molecule has 6 nitrogen and oxygen atoms in total. The molecule has 6 heteroatoms. The summed E-state index contributed by atoms with van der Waals surface area (Å²) in [5, 5.41) is 20.8. The molecule has 0 aliphatic heterocycles. The number of nitrogens with zero attached hydrogens (tertiary/aromatic N) is 1. The zero-order chi connectivity index (χ0) is 15.0. The molecule has 1 fully saturated rings. The van der Waals surface area contributed by atoms with Gasteiger partial charge in [-0.05, 0) is 43.2 Å². The number of non-ortho nitro benzene ring substituents is 1. The number of aliphatic carboxylic acids is 1. The van der Waals surface area contributed by atoms with Crippen LogP contribution in [0.1, 0.15) is 37.2 Å². The number of fused-ring (bicyclic) bond motifs is 1. The first-order valence-electron chi connectivity index (χ1n) is 7.04. The molecule has 1 aliphatic rings. The maximum Gasteiger partial charge on any atom is 0.306 e. The molecule has 21 heavy (non-hydrogen) atoms. The smallest absolute Gasteiger partial charge is 0.306 e. The Morgan fingerprint density at radius 2 is 2.00 bits per heavy atom. The number of hydrogen-bond donors (Lipinski definition) is 2. The zero-order valence-corrected chi connectivity index (χ0v) is 11.4. The number of rotatable bonds is 3. The Bertz CT molecular complexity index is 699. The maximum atomic E-state index is 11.0. The zero-order valence-electron chi connectivity index (χ0n) is 11.4. The molecule has 0 saturated heterocycles. The molecule has 2 aromatic rings. The van der Waals surface area contributed by atoms with E-state index < -0.39 is 10.9 Å². The number of hydrogen-bond acceptors (Lipinski definition) is 3. The number of aromatic nitrogens is 1. The number of nitrogens with one attached hydrogen (secondary N) is 1. The second-order valence-electron chi connectivity index (χ2n) is 5.62. The van der Waals surface area contributed by atoms with Gasteiger partial charge >= 0.3 is 5.97 Å². The summed E-state index contributed by atoms with van der Waals surface area (Å²) in [5.41, 5.74) is 1.98. The van der Waals surface area contributed by atoms with E-state index in [9.17, 15) is 14.9 Å². The summed E-state index contributed by atoms with van der Waals surface area (Å²) in [6.45, 7) is 0. The molecule has 110 valence electrons. The van der Waals surface area contributed by atoms with Crippen molar-refractivity contribution in [3.05, 3.63) is 40.1 Å². The molecule has 0 radical (unpaired) electrons. The van der Waals surface area contributed by atoms with E-state index in [0.717, 1.165) is 29.3 Å². The maximum absolute atomic E-state index is 11.0. The molecule has 0 amide bonds. The van der Waals surface area contributed by atoms with Crippen LogP contribution >= 0.6 is 0 Å². The number of carboxylic acid groups (broad SMARTS) is 1. The lowest BCUT2D eigenvalue weighted by molar-refractivity contribution is -0.384. The molecular formula is C15H16N2O4. The molecular weight excluding hydrogens is 272 g/mol. The minimum atomic E-state index is -0.706. The van der Waals surface area contributed by atoms with Crippen molar-refractivity contribution in [2.45, 2.75) is 31.6 Å². The predicted molar refractivity (Wildman–Crippen MR) is 77.3 cm³/mol. The van der Waals surface area contributed by atoms with Crippen molar-refractivity contribution >= 4 is 22.6 Å². The van der Waals surface area contributed by atoms with Crippen LogP contribution in [0, 0.1) is 16.0 Å². The third-order valence-corrected chi connectivity index (χ3v) is 4.42. The van der Waals surface area contributed by atoms with Gasteiger partial charge in [0.1, 0.15) is 0 Å². The van der Waals surface area contributed by atoms with E-state index in [2.05, 4.69) is 4.98 Å². The van der Waals surface area contributed by atoms with E-state index in [1.54, 1.807) is 12.1 Å². The fraction of sp³-hybridized carbons (Fsp3) is 0.400. The minimum absolute atomic E-state index is 0.0745. The first kappa shape index (κ1) is 13.6. The van der Waals surface area contributed by atoms with Crippen LogP contribution in [0.5, 0.6) is 0 Å². The fourth-order valence-corrected chi connectivity index (χ4v) is 3.24. The fourth-order valence-electron chi connectivity index (χ4n) is 3.24. The summed E-state index contributed by atoms with van der Waals surface area (Å²) in [7, 11) is 0. The number of aromatic amines is 1. The van der Waals surface area contributed by atoms with E-state index in [4.69, 9.17) is 5.11 Å². The summed E-state index contributed by atoms with van der Waals surface area (Å²) < 4.78 is 0. The predicted octanol–water partition coefficient (Wildman–Crippen LogP) is 3.43. The van der Waals surface area contributed by atoms with Gasteiger partial charge in [-0.25, -0.2) is 0 Å². The van der Waals surface area contributed by atoms with Gasteiger partial charge in [-0.2, -0.15) is 0 Å². The van der Waals surface area contributed by atoms with Gasteiger partial charge in [-0.1, -0.05) is 0 Å². The Morgan fingerprint density at radius 3 is 2.62 bits per heavy atom. The molecule has 1 aliphatic carbocycles. The molecule has 1 aromatic carbocycles. The minimum Gasteiger partial charge on any atom is -0.481 e. The van der Waals surface area contributed by atoms with Crippen LogP contribution in [-0.4, -0.2) is 21.0 Å². The van der Waals surface area contributed by atoms with Crippen LogP contribution in [0.4, 0.5) is 5.69 Å². The van der Waals surface area contributed by atoms with Gasteiger partial charge in [-0.15, -0.1) is 0 Å². The Morgan fingerprint density at radius 1 is 1.29 bits per heavy atom. The van der Waals surface area contributed by atoms with Gasteiger partial charge in [0.2, 0.25) is 0 Å². The Balaban J connectivity index is 1.85. The monoisotopic (exact) mass is 288 g/mol. The van der Waals surface area contributed by atoms with Crippen LogP contribution in [0.3, 0.4) is 0 Å². The first-order valence-corrected chi connectivity index (χ1v) is 7.04. The van der Waals surface area contributed by atoms with Crippen LogP contribution < -0.4 is 0 Å². The average Bonchev–Trinajstić information content (AvgIpc) is 2.90. The number of nitro benzene ring substituents is 1. The standard InChI is InChI=1S/C15H16N2O4/c18-15(19)10-3-1-9(2-4-10)13-8-16-14-7-11(17(20)21)5-6-12(13)14/h5-10,16H,1-4H2,(H,18,19). The highest BCUT2D eigenvalue weighted by atomic mass is 16.6. The van der Waals surface area contributed by atoms with Gasteiger partial charge in [-0.3, -0.25) is 14.9 Å². The molecule has 0 unspecified atom stereocenters. The lowest BCUT2D eigenvalue weighted by atomic mass is 9.78. The summed E-state index contributed by atoms with van der Waals surface area (Å²) in [5.74, 6) is -0.605. The third-order valence-electron chi connectivity index (χ3n) is 4.42. The van der Waals surface area contributed by atoms with Crippen LogP contribution in [-0.2, 0) is 4.79 Å². The second kappa shape index (κ2) is 5.20. The number of carbonyl (C=O) groups is 1. The molecule has 1 heterocycles. The average molecular weight is 288 g/mol. The van der Waals surface area contributed by atoms with Gasteiger partial charge in [0.25, 0.3) is 5.69 Å². The van der Waals surface area contributed by atoms with E-state index >= 15 is 0 Å². The highest BCUT2D eigenvalue weighted by Gasteiger charge is 2.28. The largest absolute Gasteiger partial charge is 0.481 e. The Kier molecular flexibility index (Phi) is 3.37. The number of nitro groups is 1. The topological polar surface area (TPSA) is 96.2 Å². The van der Waals surface area contributed by atoms with Crippen molar-refractivity contribution in [2.75, 3.05) is 0 Å². The van der Waals surface area contributed by atoms with Crippen LogP contribution in [0.2, 0.25) is 0 Å². The van der Waals surface area contributed by atoms with E-state index in [1.165, 1.54) is 6.07 Å². The first-order chi connectivity index (χ1) is 10.1. The van der Waals surface area contributed by atoms with Gasteiger partial charge in [0.05, 0.1) is 16.4 Å². The molecule has 3 rings (SSSR count). The Hall–Kier alpha value is -2.37.